The Morgan fingerprint density at radius 3 is 2.58 bits per heavy atom. The lowest BCUT2D eigenvalue weighted by Crippen LogP contribution is -1.97. The molecule has 0 radical (unpaired) electrons. The first-order valence-electron chi connectivity index (χ1n) is 3.61. The number of aryl methyl sites for hydroxylation is 1. The van der Waals surface area contributed by atoms with E-state index >= 15 is 0 Å². The van der Waals surface area contributed by atoms with Crippen molar-refractivity contribution in [3.05, 3.63) is 29.3 Å². The van der Waals surface area contributed by atoms with Crippen LogP contribution in [0.2, 0.25) is 0 Å². The van der Waals surface area contributed by atoms with E-state index in [9.17, 15) is 0 Å². The molecule has 12 heavy (non-hydrogen) atoms. The summed E-state index contributed by atoms with van der Waals surface area (Å²) >= 11 is 0. The van der Waals surface area contributed by atoms with Gasteiger partial charge in [0.25, 0.3) is 0 Å². The smallest absolute Gasteiger partial charge is 0.122 e. The number of hydrogen-bond donors (Lipinski definition) is 1. The fraction of sp³-hybridized carbons (Fsp3) is 0.333. The van der Waals surface area contributed by atoms with Crippen molar-refractivity contribution in [3.63, 3.8) is 0 Å². The molecule has 0 atom stereocenters. The van der Waals surface area contributed by atoms with Crippen LogP contribution in [0.15, 0.2) is 18.2 Å². The monoisotopic (exact) mass is 187 g/mol. The van der Waals surface area contributed by atoms with E-state index < -0.39 is 0 Å². The van der Waals surface area contributed by atoms with Crippen LogP contribution in [0.25, 0.3) is 0 Å². The zero-order valence-electron chi connectivity index (χ0n) is 7.33. The van der Waals surface area contributed by atoms with Crippen molar-refractivity contribution in [3.8, 4) is 5.75 Å². The fourth-order valence-corrected chi connectivity index (χ4v) is 0.991. The molecule has 0 heterocycles. The minimum atomic E-state index is 0. The Hall–Kier alpha value is -0.730. The molecule has 0 bridgehead atoms. The Labute approximate surface area is 79.1 Å². The minimum Gasteiger partial charge on any atom is -0.496 e. The third-order valence-corrected chi connectivity index (χ3v) is 1.71. The van der Waals surface area contributed by atoms with Gasteiger partial charge in [-0.2, -0.15) is 0 Å². The third kappa shape index (κ3) is 2.40. The van der Waals surface area contributed by atoms with Crippen molar-refractivity contribution in [1.29, 1.82) is 0 Å². The van der Waals surface area contributed by atoms with Gasteiger partial charge < -0.3 is 10.5 Å². The highest BCUT2D eigenvalue weighted by Crippen LogP contribution is 2.18. The standard InChI is InChI=1S/C9H13NO.ClH/c1-7-3-4-8(6-10)5-9(7)11-2;/h3-5H,6,10H2,1-2H3;1H. The molecule has 0 amide bonds. The predicted molar refractivity (Wildman–Crippen MR) is 52.9 cm³/mol. The van der Waals surface area contributed by atoms with Crippen molar-refractivity contribution in [2.24, 2.45) is 5.73 Å². The van der Waals surface area contributed by atoms with E-state index in [4.69, 9.17) is 10.5 Å². The molecule has 2 nitrogen and oxygen atoms in total. The molecule has 0 aromatic heterocycles. The van der Waals surface area contributed by atoms with E-state index in [1.165, 1.54) is 0 Å². The molecule has 0 fully saturated rings. The van der Waals surface area contributed by atoms with Gasteiger partial charge in [-0.3, -0.25) is 0 Å². The van der Waals surface area contributed by atoms with Crippen molar-refractivity contribution in [1.82, 2.24) is 0 Å². The highest BCUT2D eigenvalue weighted by atomic mass is 35.5. The summed E-state index contributed by atoms with van der Waals surface area (Å²) < 4.78 is 5.13. The Morgan fingerprint density at radius 2 is 2.08 bits per heavy atom. The molecule has 0 aliphatic heterocycles. The molecular formula is C9H14ClNO. The van der Waals surface area contributed by atoms with E-state index in [-0.39, 0.29) is 12.4 Å². The molecule has 1 aromatic carbocycles. The first kappa shape index (κ1) is 11.3. The average molecular weight is 188 g/mol. The number of nitrogens with two attached hydrogens (primary N) is 1. The van der Waals surface area contributed by atoms with Crippen LogP contribution in [0, 0.1) is 6.92 Å². The van der Waals surface area contributed by atoms with Crippen LogP contribution in [-0.4, -0.2) is 7.11 Å². The molecule has 1 aromatic rings. The van der Waals surface area contributed by atoms with E-state index in [0.717, 1.165) is 16.9 Å². The maximum atomic E-state index is 5.47. The summed E-state index contributed by atoms with van der Waals surface area (Å²) in [6.07, 6.45) is 0. The molecule has 0 saturated heterocycles. The van der Waals surface area contributed by atoms with Gasteiger partial charge in [0.15, 0.2) is 0 Å². The van der Waals surface area contributed by atoms with Gasteiger partial charge in [-0.1, -0.05) is 12.1 Å². The molecule has 68 valence electrons. The summed E-state index contributed by atoms with van der Waals surface area (Å²) in [5.74, 6) is 0.910. The van der Waals surface area contributed by atoms with E-state index in [1.807, 2.05) is 25.1 Å². The summed E-state index contributed by atoms with van der Waals surface area (Å²) in [5.41, 5.74) is 7.72. The van der Waals surface area contributed by atoms with Crippen LogP contribution in [0.4, 0.5) is 0 Å². The lowest BCUT2D eigenvalue weighted by molar-refractivity contribution is 0.411. The van der Waals surface area contributed by atoms with Crippen LogP contribution in [0.5, 0.6) is 5.75 Å². The van der Waals surface area contributed by atoms with E-state index in [1.54, 1.807) is 7.11 Å². The Morgan fingerprint density at radius 1 is 1.42 bits per heavy atom. The maximum absolute atomic E-state index is 5.47. The van der Waals surface area contributed by atoms with Crippen LogP contribution in [-0.2, 0) is 6.54 Å². The van der Waals surface area contributed by atoms with Gasteiger partial charge in [0.1, 0.15) is 5.75 Å². The SMILES string of the molecule is COc1cc(CN)ccc1C.Cl. The molecule has 0 spiro atoms. The summed E-state index contributed by atoms with van der Waals surface area (Å²) in [7, 11) is 1.67. The van der Waals surface area contributed by atoms with E-state index in [2.05, 4.69) is 0 Å². The third-order valence-electron chi connectivity index (χ3n) is 1.71. The lowest BCUT2D eigenvalue weighted by Gasteiger charge is -2.05. The summed E-state index contributed by atoms with van der Waals surface area (Å²) in [6, 6.07) is 5.99. The second-order valence-electron chi connectivity index (χ2n) is 2.51. The first-order chi connectivity index (χ1) is 5.27. The predicted octanol–water partition coefficient (Wildman–Crippen LogP) is 1.88. The Balaban J connectivity index is 0.00000121. The topological polar surface area (TPSA) is 35.2 Å². The summed E-state index contributed by atoms with van der Waals surface area (Å²) in [4.78, 5) is 0. The van der Waals surface area contributed by atoms with Crippen LogP contribution in [0.1, 0.15) is 11.1 Å². The van der Waals surface area contributed by atoms with Gasteiger partial charge in [-0.25, -0.2) is 0 Å². The van der Waals surface area contributed by atoms with Crippen molar-refractivity contribution in [2.75, 3.05) is 7.11 Å². The minimum absolute atomic E-state index is 0. The quantitative estimate of drug-likeness (QED) is 0.768. The molecule has 1 rings (SSSR count). The lowest BCUT2D eigenvalue weighted by atomic mass is 10.1. The van der Waals surface area contributed by atoms with Gasteiger partial charge >= 0.3 is 0 Å². The Bertz CT molecular complexity index is 250. The van der Waals surface area contributed by atoms with Gasteiger partial charge in [-0.05, 0) is 24.1 Å². The molecule has 0 aliphatic rings. The second-order valence-corrected chi connectivity index (χ2v) is 2.51. The van der Waals surface area contributed by atoms with Crippen LogP contribution < -0.4 is 10.5 Å². The van der Waals surface area contributed by atoms with Gasteiger partial charge in [0.2, 0.25) is 0 Å². The fourth-order valence-electron chi connectivity index (χ4n) is 0.991. The number of ether oxygens (including phenoxy) is 1. The average Bonchev–Trinajstić information content (AvgIpc) is 2.05. The Kier molecular flexibility index (Phi) is 4.71. The normalized spacial score (nSPS) is 8.92. The van der Waals surface area contributed by atoms with Crippen molar-refractivity contribution in [2.45, 2.75) is 13.5 Å². The largest absolute Gasteiger partial charge is 0.496 e. The second kappa shape index (κ2) is 5.01. The molecule has 3 heteroatoms. The molecule has 2 N–H and O–H groups in total. The number of benzene rings is 1. The molecular weight excluding hydrogens is 174 g/mol. The van der Waals surface area contributed by atoms with Crippen molar-refractivity contribution < 1.29 is 4.74 Å². The summed E-state index contributed by atoms with van der Waals surface area (Å²) in [5, 5.41) is 0. The maximum Gasteiger partial charge on any atom is 0.122 e. The number of halogens is 1. The zero-order chi connectivity index (χ0) is 8.27. The van der Waals surface area contributed by atoms with Crippen molar-refractivity contribution >= 4 is 12.4 Å². The van der Waals surface area contributed by atoms with Gasteiger partial charge in [-0.15, -0.1) is 12.4 Å². The highest BCUT2D eigenvalue weighted by Gasteiger charge is 1.97. The summed E-state index contributed by atoms with van der Waals surface area (Å²) in [6.45, 7) is 2.58. The molecule has 0 saturated carbocycles. The highest BCUT2D eigenvalue weighted by molar-refractivity contribution is 5.85. The van der Waals surface area contributed by atoms with E-state index in [0.29, 0.717) is 6.54 Å². The molecule has 0 aliphatic carbocycles. The van der Waals surface area contributed by atoms with Gasteiger partial charge in [0.05, 0.1) is 7.11 Å². The number of rotatable bonds is 2. The molecule has 0 unspecified atom stereocenters. The zero-order valence-corrected chi connectivity index (χ0v) is 8.15. The van der Waals surface area contributed by atoms with Crippen LogP contribution in [0.3, 0.4) is 0 Å². The number of methoxy groups -OCH3 is 1. The number of hydrogen-bond acceptors (Lipinski definition) is 2. The van der Waals surface area contributed by atoms with Gasteiger partial charge in [0, 0.05) is 6.54 Å². The van der Waals surface area contributed by atoms with Crippen LogP contribution >= 0.6 is 12.4 Å². The first-order valence-corrected chi connectivity index (χ1v) is 3.61.